The second-order valence-electron chi connectivity index (χ2n) is 6.54. The van der Waals surface area contributed by atoms with Crippen LogP contribution in [0.15, 0.2) is 54.7 Å². The lowest BCUT2D eigenvalue weighted by Crippen LogP contribution is -2.29. The predicted octanol–water partition coefficient (Wildman–Crippen LogP) is 3.88. The molecule has 30 heavy (non-hydrogen) atoms. The third-order valence-corrected chi connectivity index (χ3v) is 4.58. The van der Waals surface area contributed by atoms with Crippen LogP contribution in [-0.2, 0) is 12.6 Å². The van der Waals surface area contributed by atoms with Crippen LogP contribution in [0, 0.1) is 5.82 Å². The van der Waals surface area contributed by atoms with E-state index in [9.17, 15) is 22.4 Å². The van der Waals surface area contributed by atoms with Crippen LogP contribution < -0.4 is 5.32 Å². The van der Waals surface area contributed by atoms with Crippen molar-refractivity contribution in [3.8, 4) is 5.69 Å². The zero-order chi connectivity index (χ0) is 21.3. The van der Waals surface area contributed by atoms with E-state index in [2.05, 4.69) is 20.6 Å². The van der Waals surface area contributed by atoms with E-state index >= 15 is 0 Å². The standard InChI is InChI=1S/C20H15F4N5O/c21-13-5-7-14(8-6-13)29-18(20(22,23)24)17(27-28-29)19(30)25-10-9-12-11-26-16-4-2-1-3-15(12)16/h1-8,11,26H,9-10H2,(H,25,30). The number of carbonyl (C=O) groups is 1. The number of fused-ring (bicyclic) bond motifs is 1. The zero-order valence-electron chi connectivity index (χ0n) is 15.4. The number of carbonyl (C=O) groups excluding carboxylic acids is 1. The molecule has 2 heterocycles. The van der Waals surface area contributed by atoms with E-state index in [4.69, 9.17) is 0 Å². The lowest BCUT2D eigenvalue weighted by Gasteiger charge is -2.11. The van der Waals surface area contributed by atoms with Crippen LogP contribution in [-0.4, -0.2) is 32.4 Å². The highest BCUT2D eigenvalue weighted by Crippen LogP contribution is 2.32. The van der Waals surface area contributed by atoms with Gasteiger partial charge in [0.25, 0.3) is 5.91 Å². The van der Waals surface area contributed by atoms with Gasteiger partial charge in [0, 0.05) is 23.6 Å². The van der Waals surface area contributed by atoms with Gasteiger partial charge in [-0.2, -0.15) is 13.2 Å². The van der Waals surface area contributed by atoms with E-state index in [-0.39, 0.29) is 12.2 Å². The summed E-state index contributed by atoms with van der Waals surface area (Å²) in [6, 6.07) is 11.8. The van der Waals surface area contributed by atoms with Gasteiger partial charge < -0.3 is 10.3 Å². The van der Waals surface area contributed by atoms with Crippen LogP contribution in [0.3, 0.4) is 0 Å². The number of hydrogen-bond acceptors (Lipinski definition) is 3. The molecule has 154 valence electrons. The molecule has 0 aliphatic rings. The number of nitrogens with zero attached hydrogens (tertiary/aromatic N) is 3. The van der Waals surface area contributed by atoms with Crippen molar-refractivity contribution in [1.82, 2.24) is 25.3 Å². The van der Waals surface area contributed by atoms with E-state index in [1.54, 1.807) is 6.20 Å². The molecule has 0 saturated heterocycles. The lowest BCUT2D eigenvalue weighted by atomic mass is 10.1. The first-order valence-electron chi connectivity index (χ1n) is 8.96. The quantitative estimate of drug-likeness (QED) is 0.484. The third kappa shape index (κ3) is 3.76. The molecule has 0 fully saturated rings. The summed E-state index contributed by atoms with van der Waals surface area (Å²) in [7, 11) is 0. The van der Waals surface area contributed by atoms with Crippen molar-refractivity contribution < 1.29 is 22.4 Å². The number of H-pyrrole nitrogens is 1. The van der Waals surface area contributed by atoms with Gasteiger partial charge in [-0.15, -0.1) is 5.10 Å². The van der Waals surface area contributed by atoms with E-state index in [0.717, 1.165) is 40.7 Å². The number of alkyl halides is 3. The molecule has 0 spiro atoms. The minimum absolute atomic E-state index is 0.0610. The summed E-state index contributed by atoms with van der Waals surface area (Å²) >= 11 is 0. The average molecular weight is 417 g/mol. The molecular weight excluding hydrogens is 402 g/mol. The van der Waals surface area contributed by atoms with Gasteiger partial charge in [-0.05, 0) is 42.3 Å². The Bertz CT molecular complexity index is 1190. The summed E-state index contributed by atoms with van der Waals surface area (Å²) in [5.41, 5.74) is -0.365. The van der Waals surface area contributed by atoms with Crippen molar-refractivity contribution in [2.75, 3.05) is 6.54 Å². The Morgan fingerprint density at radius 2 is 1.83 bits per heavy atom. The molecule has 0 aliphatic heterocycles. The number of aromatic amines is 1. The van der Waals surface area contributed by atoms with Gasteiger partial charge in [-0.3, -0.25) is 4.79 Å². The highest BCUT2D eigenvalue weighted by atomic mass is 19.4. The molecule has 0 atom stereocenters. The Labute approximate surface area is 167 Å². The molecule has 2 aromatic carbocycles. The number of hydrogen-bond donors (Lipinski definition) is 2. The van der Waals surface area contributed by atoms with Gasteiger partial charge in [0.05, 0.1) is 5.69 Å². The van der Waals surface area contributed by atoms with Crippen molar-refractivity contribution in [2.24, 2.45) is 0 Å². The van der Waals surface area contributed by atoms with Crippen molar-refractivity contribution in [3.63, 3.8) is 0 Å². The van der Waals surface area contributed by atoms with Gasteiger partial charge in [-0.1, -0.05) is 23.4 Å². The third-order valence-electron chi connectivity index (χ3n) is 4.58. The van der Waals surface area contributed by atoms with Crippen LogP contribution in [0.25, 0.3) is 16.6 Å². The van der Waals surface area contributed by atoms with Crippen LogP contribution >= 0.6 is 0 Å². The van der Waals surface area contributed by atoms with Gasteiger partial charge >= 0.3 is 6.18 Å². The number of aromatic nitrogens is 4. The number of amides is 1. The molecule has 4 rings (SSSR count). The minimum Gasteiger partial charge on any atom is -0.361 e. The number of halogens is 4. The van der Waals surface area contributed by atoms with Gasteiger partial charge in [0.15, 0.2) is 11.4 Å². The maximum absolute atomic E-state index is 13.6. The topological polar surface area (TPSA) is 75.6 Å². The number of nitrogens with one attached hydrogen (secondary N) is 2. The smallest absolute Gasteiger partial charge is 0.361 e. The lowest BCUT2D eigenvalue weighted by molar-refractivity contribution is -0.143. The first-order chi connectivity index (χ1) is 14.3. The fourth-order valence-electron chi connectivity index (χ4n) is 3.19. The summed E-state index contributed by atoms with van der Waals surface area (Å²) < 4.78 is 54.5. The van der Waals surface area contributed by atoms with Crippen molar-refractivity contribution >= 4 is 16.8 Å². The Morgan fingerprint density at radius 3 is 2.57 bits per heavy atom. The average Bonchev–Trinajstić information content (AvgIpc) is 3.33. The molecule has 2 N–H and O–H groups in total. The molecule has 4 aromatic rings. The molecule has 0 bridgehead atoms. The second kappa shape index (κ2) is 7.62. The van der Waals surface area contributed by atoms with Crippen molar-refractivity contribution in [2.45, 2.75) is 12.6 Å². The number of para-hydroxylation sites is 1. The van der Waals surface area contributed by atoms with Gasteiger partial charge in [0.2, 0.25) is 0 Å². The molecule has 10 heteroatoms. The minimum atomic E-state index is -4.89. The van der Waals surface area contributed by atoms with Crippen LogP contribution in [0.1, 0.15) is 21.7 Å². The zero-order valence-corrected chi connectivity index (χ0v) is 15.4. The van der Waals surface area contributed by atoms with E-state index < -0.39 is 29.3 Å². The first-order valence-corrected chi connectivity index (χ1v) is 8.96. The monoisotopic (exact) mass is 417 g/mol. The van der Waals surface area contributed by atoms with E-state index in [1.165, 1.54) is 0 Å². The Morgan fingerprint density at radius 1 is 1.10 bits per heavy atom. The Balaban J connectivity index is 1.54. The summed E-state index contributed by atoms with van der Waals surface area (Å²) in [5.74, 6) is -1.60. The highest BCUT2D eigenvalue weighted by molar-refractivity contribution is 5.93. The predicted molar refractivity (Wildman–Crippen MR) is 101 cm³/mol. The van der Waals surface area contributed by atoms with Crippen molar-refractivity contribution in [1.29, 1.82) is 0 Å². The SMILES string of the molecule is O=C(NCCc1c[nH]c2ccccc12)c1nnn(-c2ccc(F)cc2)c1C(F)(F)F. The van der Waals surface area contributed by atoms with Crippen LogP contribution in [0.2, 0.25) is 0 Å². The van der Waals surface area contributed by atoms with Crippen molar-refractivity contribution in [3.05, 3.63) is 77.5 Å². The maximum Gasteiger partial charge on any atom is 0.435 e. The normalized spacial score (nSPS) is 11.7. The molecule has 0 aliphatic carbocycles. The molecular formula is C20H15F4N5O. The van der Waals surface area contributed by atoms with E-state index in [1.807, 2.05) is 24.3 Å². The summed E-state index contributed by atoms with van der Waals surface area (Å²) in [6.45, 7) is 0.112. The summed E-state index contributed by atoms with van der Waals surface area (Å²) in [6.07, 6.45) is -2.67. The molecule has 1 amide bonds. The van der Waals surface area contributed by atoms with Crippen LogP contribution in [0.5, 0.6) is 0 Å². The molecule has 0 saturated carbocycles. The Hall–Kier alpha value is -3.69. The fraction of sp³-hybridized carbons (Fsp3) is 0.150. The highest BCUT2D eigenvalue weighted by Gasteiger charge is 2.42. The van der Waals surface area contributed by atoms with Gasteiger partial charge in [-0.25, -0.2) is 9.07 Å². The number of rotatable bonds is 5. The number of benzene rings is 2. The summed E-state index contributed by atoms with van der Waals surface area (Å²) in [4.78, 5) is 15.5. The molecule has 6 nitrogen and oxygen atoms in total. The van der Waals surface area contributed by atoms with Gasteiger partial charge in [0.1, 0.15) is 5.82 Å². The maximum atomic E-state index is 13.6. The van der Waals surface area contributed by atoms with Crippen LogP contribution in [0.4, 0.5) is 17.6 Å². The molecule has 0 radical (unpaired) electrons. The molecule has 0 unspecified atom stereocenters. The van der Waals surface area contributed by atoms with E-state index in [0.29, 0.717) is 11.1 Å². The Kier molecular flexibility index (Phi) is 4.98. The first kappa shape index (κ1) is 19.6. The summed E-state index contributed by atoms with van der Waals surface area (Å²) in [5, 5.41) is 10.3. The largest absolute Gasteiger partial charge is 0.435 e. The molecule has 2 aromatic heterocycles. The second-order valence-corrected chi connectivity index (χ2v) is 6.54. The fourth-order valence-corrected chi connectivity index (χ4v) is 3.19.